The molecule has 0 amide bonds. The van der Waals surface area contributed by atoms with Crippen LogP contribution in [0.1, 0.15) is 29.1 Å². The quantitative estimate of drug-likeness (QED) is 0.885. The van der Waals surface area contributed by atoms with Crippen LogP contribution in [0.25, 0.3) is 11.3 Å². The highest BCUT2D eigenvalue weighted by molar-refractivity contribution is 5.68. The number of benzene rings is 1. The lowest BCUT2D eigenvalue weighted by atomic mass is 10.0. The van der Waals surface area contributed by atoms with E-state index >= 15 is 0 Å². The van der Waals surface area contributed by atoms with Gasteiger partial charge < -0.3 is 10.1 Å². The molecule has 0 saturated carbocycles. The lowest BCUT2D eigenvalue weighted by molar-refractivity contribution is -0.136. The minimum absolute atomic E-state index is 0.111. The molecule has 100 valence electrons. The molecule has 1 aromatic carbocycles. The molecule has 0 aliphatic rings. The number of aromatic nitrogens is 2. The summed E-state index contributed by atoms with van der Waals surface area (Å²) < 4.78 is 0. The van der Waals surface area contributed by atoms with Crippen LogP contribution in [-0.4, -0.2) is 21.0 Å². The van der Waals surface area contributed by atoms with E-state index in [1.807, 2.05) is 13.0 Å². The number of aromatic amines is 1. The first-order chi connectivity index (χ1) is 8.97. The van der Waals surface area contributed by atoms with Gasteiger partial charge >= 0.3 is 5.97 Å². The van der Waals surface area contributed by atoms with E-state index in [0.29, 0.717) is 6.42 Å². The van der Waals surface area contributed by atoms with Gasteiger partial charge in [-0.05, 0) is 38.0 Å². The fraction of sp³-hybridized carbons (Fsp3) is 0.333. The molecule has 1 heterocycles. The maximum absolute atomic E-state index is 10.7. The van der Waals surface area contributed by atoms with Crippen LogP contribution >= 0.6 is 0 Å². The molecule has 0 saturated heterocycles. The number of nitrogens with one attached hydrogen (secondary N) is 1. The Bertz CT molecular complexity index is 615. The molecule has 0 unspecified atom stereocenters. The number of carboxylic acid groups (broad SMARTS) is 1. The van der Waals surface area contributed by atoms with E-state index in [2.05, 4.69) is 35.9 Å². The van der Waals surface area contributed by atoms with Crippen molar-refractivity contribution in [3.8, 4) is 11.3 Å². The van der Waals surface area contributed by atoms with Gasteiger partial charge in [-0.1, -0.05) is 12.1 Å². The van der Waals surface area contributed by atoms with Crippen molar-refractivity contribution in [1.29, 1.82) is 0 Å². The second-order valence-electron chi connectivity index (χ2n) is 4.84. The number of carboxylic acids is 1. The van der Waals surface area contributed by atoms with E-state index in [4.69, 9.17) is 5.11 Å². The lowest BCUT2D eigenvalue weighted by Gasteiger charge is -2.05. The molecule has 1 aromatic heterocycles. The molecule has 0 aliphatic carbocycles. The van der Waals surface area contributed by atoms with Gasteiger partial charge in [0.25, 0.3) is 0 Å². The molecular weight excluding hydrogens is 240 g/mol. The maximum Gasteiger partial charge on any atom is 0.303 e. The van der Waals surface area contributed by atoms with Crippen LogP contribution in [-0.2, 0) is 11.2 Å². The van der Waals surface area contributed by atoms with E-state index in [-0.39, 0.29) is 6.42 Å². The number of H-pyrrole nitrogens is 1. The minimum Gasteiger partial charge on any atom is -0.481 e. The number of hydrogen-bond donors (Lipinski definition) is 2. The van der Waals surface area contributed by atoms with Crippen molar-refractivity contribution in [2.45, 2.75) is 33.6 Å². The summed E-state index contributed by atoms with van der Waals surface area (Å²) in [5.41, 5.74) is 5.24. The van der Waals surface area contributed by atoms with Crippen molar-refractivity contribution in [2.75, 3.05) is 0 Å². The van der Waals surface area contributed by atoms with Gasteiger partial charge in [0.1, 0.15) is 5.82 Å². The average molecular weight is 258 g/mol. The Balaban J connectivity index is 2.37. The van der Waals surface area contributed by atoms with E-state index in [0.717, 1.165) is 22.8 Å². The molecule has 0 aliphatic heterocycles. The SMILES string of the molecule is Cc1nc(-c2ccc(C)c(C)c2)c(CCC(=O)O)[nH]1. The number of hydrogen-bond acceptors (Lipinski definition) is 2. The van der Waals surface area contributed by atoms with E-state index in [1.165, 1.54) is 11.1 Å². The van der Waals surface area contributed by atoms with Crippen molar-refractivity contribution in [2.24, 2.45) is 0 Å². The van der Waals surface area contributed by atoms with Crippen LogP contribution in [0, 0.1) is 20.8 Å². The minimum atomic E-state index is -0.793. The van der Waals surface area contributed by atoms with Crippen LogP contribution in [0.5, 0.6) is 0 Å². The molecular formula is C15H18N2O2. The highest BCUT2D eigenvalue weighted by Crippen LogP contribution is 2.24. The molecule has 2 aromatic rings. The maximum atomic E-state index is 10.7. The largest absolute Gasteiger partial charge is 0.481 e. The molecule has 2 rings (SSSR count). The van der Waals surface area contributed by atoms with Crippen LogP contribution in [0.4, 0.5) is 0 Å². The number of carbonyl (C=O) groups is 1. The van der Waals surface area contributed by atoms with Crippen molar-refractivity contribution in [3.05, 3.63) is 40.8 Å². The highest BCUT2D eigenvalue weighted by Gasteiger charge is 2.12. The van der Waals surface area contributed by atoms with Crippen LogP contribution in [0.15, 0.2) is 18.2 Å². The average Bonchev–Trinajstić information content (AvgIpc) is 2.71. The van der Waals surface area contributed by atoms with E-state index < -0.39 is 5.97 Å². The van der Waals surface area contributed by atoms with Gasteiger partial charge in [-0.25, -0.2) is 4.98 Å². The van der Waals surface area contributed by atoms with Gasteiger partial charge in [0.2, 0.25) is 0 Å². The van der Waals surface area contributed by atoms with Gasteiger partial charge in [0.15, 0.2) is 0 Å². The zero-order chi connectivity index (χ0) is 14.0. The first-order valence-corrected chi connectivity index (χ1v) is 6.32. The summed E-state index contributed by atoms with van der Waals surface area (Å²) in [5.74, 6) is 0.0203. The van der Waals surface area contributed by atoms with Crippen molar-refractivity contribution < 1.29 is 9.90 Å². The highest BCUT2D eigenvalue weighted by atomic mass is 16.4. The second kappa shape index (κ2) is 5.26. The van der Waals surface area contributed by atoms with Crippen LogP contribution in [0.2, 0.25) is 0 Å². The Hall–Kier alpha value is -2.10. The number of imidazole rings is 1. The Labute approximate surface area is 112 Å². The van der Waals surface area contributed by atoms with E-state index in [1.54, 1.807) is 0 Å². The summed E-state index contributed by atoms with van der Waals surface area (Å²) >= 11 is 0. The summed E-state index contributed by atoms with van der Waals surface area (Å²) in [5, 5.41) is 8.79. The molecule has 19 heavy (non-hydrogen) atoms. The summed E-state index contributed by atoms with van der Waals surface area (Å²) in [6.07, 6.45) is 0.581. The monoisotopic (exact) mass is 258 g/mol. The summed E-state index contributed by atoms with van der Waals surface area (Å²) in [7, 11) is 0. The topological polar surface area (TPSA) is 66.0 Å². The van der Waals surface area contributed by atoms with Gasteiger partial charge in [0, 0.05) is 17.7 Å². The predicted molar refractivity (Wildman–Crippen MR) is 74.2 cm³/mol. The van der Waals surface area contributed by atoms with Crippen LogP contribution in [0.3, 0.4) is 0 Å². The Morgan fingerprint density at radius 3 is 2.63 bits per heavy atom. The number of aliphatic carboxylic acids is 1. The first-order valence-electron chi connectivity index (χ1n) is 6.32. The lowest BCUT2D eigenvalue weighted by Crippen LogP contribution is -1.99. The number of rotatable bonds is 4. The normalized spacial score (nSPS) is 10.7. The third-order valence-electron chi connectivity index (χ3n) is 3.27. The molecule has 0 atom stereocenters. The molecule has 0 bridgehead atoms. The van der Waals surface area contributed by atoms with E-state index in [9.17, 15) is 4.79 Å². The van der Waals surface area contributed by atoms with Crippen molar-refractivity contribution >= 4 is 5.97 Å². The third-order valence-corrected chi connectivity index (χ3v) is 3.27. The molecule has 0 spiro atoms. The molecule has 4 heteroatoms. The molecule has 0 fully saturated rings. The Kier molecular flexibility index (Phi) is 3.69. The molecule has 4 nitrogen and oxygen atoms in total. The van der Waals surface area contributed by atoms with Crippen molar-refractivity contribution in [3.63, 3.8) is 0 Å². The number of nitrogens with zero attached hydrogens (tertiary/aromatic N) is 1. The fourth-order valence-electron chi connectivity index (χ4n) is 2.08. The van der Waals surface area contributed by atoms with Gasteiger partial charge in [-0.2, -0.15) is 0 Å². The zero-order valence-electron chi connectivity index (χ0n) is 11.4. The standard InChI is InChI=1S/C15H18N2O2/c1-9-4-5-12(8-10(9)2)15-13(6-7-14(18)19)16-11(3)17-15/h4-5,8H,6-7H2,1-3H3,(H,16,17)(H,18,19). The second-order valence-corrected chi connectivity index (χ2v) is 4.84. The Morgan fingerprint density at radius 2 is 2.00 bits per heavy atom. The number of aryl methyl sites for hydroxylation is 4. The predicted octanol–water partition coefficient (Wildman–Crippen LogP) is 3.02. The first kappa shape index (κ1) is 13.3. The van der Waals surface area contributed by atoms with Gasteiger partial charge in [-0.15, -0.1) is 0 Å². The summed E-state index contributed by atoms with van der Waals surface area (Å²) in [6, 6.07) is 6.19. The zero-order valence-corrected chi connectivity index (χ0v) is 11.4. The smallest absolute Gasteiger partial charge is 0.303 e. The molecule has 0 radical (unpaired) electrons. The van der Waals surface area contributed by atoms with Crippen LogP contribution < -0.4 is 0 Å². The summed E-state index contributed by atoms with van der Waals surface area (Å²) in [6.45, 7) is 6.02. The Morgan fingerprint density at radius 1 is 1.26 bits per heavy atom. The molecule has 2 N–H and O–H groups in total. The van der Waals surface area contributed by atoms with Gasteiger partial charge in [-0.3, -0.25) is 4.79 Å². The fourth-order valence-corrected chi connectivity index (χ4v) is 2.08. The third kappa shape index (κ3) is 3.02. The summed E-state index contributed by atoms with van der Waals surface area (Å²) in [4.78, 5) is 18.3. The van der Waals surface area contributed by atoms with Gasteiger partial charge in [0.05, 0.1) is 12.1 Å². The van der Waals surface area contributed by atoms with Crippen molar-refractivity contribution in [1.82, 2.24) is 9.97 Å².